The standard InChI is InChI=1S/C28H31N3O7S/c1-38-27(34)14-22-11-20-7-6-19(12-23(20)30-28(22)35)18-5-3-4-17(10-18)15-29-16-26(33)21-8-9-25(32)24(13-21)31-39(2,36)37/h3-10,12-13,22,26,29,31-33H,11,14-16H2,1-2H3,(H,30,35). The summed E-state index contributed by atoms with van der Waals surface area (Å²) in [6.07, 6.45) is 0.559. The molecule has 0 aliphatic carbocycles. The summed E-state index contributed by atoms with van der Waals surface area (Å²) >= 11 is 0. The number of benzene rings is 3. The molecule has 0 aromatic heterocycles. The summed E-state index contributed by atoms with van der Waals surface area (Å²) in [7, 11) is -2.28. The number of methoxy groups -OCH3 is 1. The van der Waals surface area contributed by atoms with Gasteiger partial charge in [0.1, 0.15) is 5.75 Å². The first-order chi connectivity index (χ1) is 18.5. The van der Waals surface area contributed by atoms with Gasteiger partial charge in [0.2, 0.25) is 15.9 Å². The maximum absolute atomic E-state index is 12.5. The van der Waals surface area contributed by atoms with Crippen LogP contribution in [0.3, 0.4) is 0 Å². The first-order valence-electron chi connectivity index (χ1n) is 12.3. The topological polar surface area (TPSA) is 154 Å². The lowest BCUT2D eigenvalue weighted by molar-refractivity contribution is -0.143. The average Bonchev–Trinajstić information content (AvgIpc) is 2.89. The zero-order valence-electron chi connectivity index (χ0n) is 21.6. The molecule has 3 aromatic carbocycles. The number of phenolic OH excluding ortho intramolecular Hbond substituents is 1. The van der Waals surface area contributed by atoms with Crippen LogP contribution < -0.4 is 15.4 Å². The van der Waals surface area contributed by atoms with E-state index < -0.39 is 28.0 Å². The highest BCUT2D eigenvalue weighted by Crippen LogP contribution is 2.32. The number of hydrogen-bond donors (Lipinski definition) is 5. The van der Waals surface area contributed by atoms with Gasteiger partial charge < -0.3 is 25.6 Å². The molecular weight excluding hydrogens is 522 g/mol. The number of aromatic hydroxyl groups is 1. The van der Waals surface area contributed by atoms with Crippen molar-refractivity contribution < 1.29 is 33.0 Å². The summed E-state index contributed by atoms with van der Waals surface area (Å²) in [5.41, 5.74) is 5.00. The number of aliphatic hydroxyl groups is 1. The molecule has 1 aliphatic rings. The fourth-order valence-corrected chi connectivity index (χ4v) is 5.03. The number of nitrogens with one attached hydrogen (secondary N) is 3. The van der Waals surface area contributed by atoms with Gasteiger partial charge in [0.05, 0.1) is 37.5 Å². The van der Waals surface area contributed by atoms with Gasteiger partial charge in [-0.1, -0.05) is 36.4 Å². The van der Waals surface area contributed by atoms with Crippen molar-refractivity contribution in [2.24, 2.45) is 5.92 Å². The molecule has 206 valence electrons. The highest BCUT2D eigenvalue weighted by Gasteiger charge is 2.28. The van der Waals surface area contributed by atoms with Crippen LogP contribution in [0.2, 0.25) is 0 Å². The van der Waals surface area contributed by atoms with E-state index in [1.165, 1.54) is 25.3 Å². The van der Waals surface area contributed by atoms with E-state index in [0.29, 0.717) is 18.5 Å². The molecule has 3 aromatic rings. The largest absolute Gasteiger partial charge is 0.506 e. The zero-order chi connectivity index (χ0) is 28.2. The molecule has 0 bridgehead atoms. The Morgan fingerprint density at radius 3 is 2.64 bits per heavy atom. The van der Waals surface area contributed by atoms with Crippen LogP contribution >= 0.6 is 0 Å². The molecule has 0 saturated heterocycles. The van der Waals surface area contributed by atoms with E-state index in [9.17, 15) is 28.2 Å². The minimum absolute atomic E-state index is 0.00183. The highest BCUT2D eigenvalue weighted by atomic mass is 32.2. The Kier molecular flexibility index (Phi) is 8.54. The Hall–Kier alpha value is -3.93. The molecular formula is C28H31N3O7S. The van der Waals surface area contributed by atoms with E-state index in [2.05, 4.69) is 15.4 Å². The number of fused-ring (bicyclic) bond motifs is 1. The number of phenols is 1. The molecule has 2 atom stereocenters. The van der Waals surface area contributed by atoms with E-state index >= 15 is 0 Å². The summed E-state index contributed by atoms with van der Waals surface area (Å²) in [5, 5.41) is 26.6. The second-order valence-electron chi connectivity index (χ2n) is 9.54. The maximum atomic E-state index is 12.5. The summed E-state index contributed by atoms with van der Waals surface area (Å²) in [5.74, 6) is -1.30. The fourth-order valence-electron chi connectivity index (χ4n) is 4.47. The molecule has 0 radical (unpaired) electrons. The Morgan fingerprint density at radius 2 is 1.90 bits per heavy atom. The normalized spacial score (nSPS) is 15.7. The number of carbonyl (C=O) groups is 2. The summed E-state index contributed by atoms with van der Waals surface area (Å²) in [6, 6.07) is 18.0. The van der Waals surface area contributed by atoms with Gasteiger partial charge >= 0.3 is 5.97 Å². The number of hydrogen-bond acceptors (Lipinski definition) is 8. The molecule has 10 nitrogen and oxygen atoms in total. The molecule has 1 amide bonds. The zero-order valence-corrected chi connectivity index (χ0v) is 22.4. The van der Waals surface area contributed by atoms with Crippen molar-refractivity contribution in [2.75, 3.05) is 29.9 Å². The van der Waals surface area contributed by atoms with Crippen LogP contribution in [-0.4, -0.2) is 50.4 Å². The van der Waals surface area contributed by atoms with Crippen LogP contribution in [-0.2, 0) is 37.3 Å². The lowest BCUT2D eigenvalue weighted by Gasteiger charge is -2.24. The number of amides is 1. The van der Waals surface area contributed by atoms with Gasteiger partial charge in [0, 0.05) is 18.8 Å². The molecule has 39 heavy (non-hydrogen) atoms. The molecule has 1 aliphatic heterocycles. The fraction of sp³-hybridized carbons (Fsp3) is 0.286. The minimum atomic E-state index is -3.58. The van der Waals surface area contributed by atoms with Gasteiger partial charge in [-0.05, 0) is 58.5 Å². The second kappa shape index (κ2) is 11.9. The molecule has 0 fully saturated rings. The predicted molar refractivity (Wildman–Crippen MR) is 148 cm³/mol. The lowest BCUT2D eigenvalue weighted by Crippen LogP contribution is -2.31. The van der Waals surface area contributed by atoms with E-state index in [-0.39, 0.29) is 30.3 Å². The Morgan fingerprint density at radius 1 is 1.13 bits per heavy atom. The average molecular weight is 554 g/mol. The van der Waals surface area contributed by atoms with E-state index in [0.717, 1.165) is 34.2 Å². The SMILES string of the molecule is COC(=O)CC1Cc2ccc(-c3cccc(CNCC(O)c4ccc(O)c(NS(C)(=O)=O)c4)c3)cc2NC1=O. The Balaban J connectivity index is 1.39. The third-order valence-electron chi connectivity index (χ3n) is 6.47. The third-order valence-corrected chi connectivity index (χ3v) is 7.06. The first kappa shape index (κ1) is 28.1. The van der Waals surface area contributed by atoms with Crippen LogP contribution in [0.4, 0.5) is 11.4 Å². The Labute approximate surface area is 227 Å². The van der Waals surface area contributed by atoms with Crippen molar-refractivity contribution in [2.45, 2.75) is 25.5 Å². The highest BCUT2D eigenvalue weighted by molar-refractivity contribution is 7.92. The molecule has 11 heteroatoms. The number of ether oxygens (including phenoxy) is 1. The van der Waals surface area contributed by atoms with E-state index in [1.807, 2.05) is 42.5 Å². The summed E-state index contributed by atoms with van der Waals surface area (Å²) in [6.45, 7) is 0.666. The van der Waals surface area contributed by atoms with Crippen molar-refractivity contribution in [1.29, 1.82) is 0 Å². The monoisotopic (exact) mass is 553 g/mol. The van der Waals surface area contributed by atoms with Crippen LogP contribution in [0.1, 0.15) is 29.2 Å². The van der Waals surface area contributed by atoms with Gasteiger partial charge in [0.25, 0.3) is 0 Å². The van der Waals surface area contributed by atoms with Gasteiger partial charge in [0.15, 0.2) is 0 Å². The van der Waals surface area contributed by atoms with Crippen molar-refractivity contribution in [3.63, 3.8) is 0 Å². The van der Waals surface area contributed by atoms with Gasteiger partial charge in [-0.3, -0.25) is 14.3 Å². The molecule has 2 unspecified atom stereocenters. The molecule has 0 spiro atoms. The molecule has 1 heterocycles. The van der Waals surface area contributed by atoms with Crippen molar-refractivity contribution in [3.8, 4) is 16.9 Å². The molecule has 0 saturated carbocycles. The van der Waals surface area contributed by atoms with Crippen molar-refractivity contribution in [1.82, 2.24) is 5.32 Å². The third kappa shape index (κ3) is 7.34. The van der Waals surface area contributed by atoms with Crippen LogP contribution in [0.25, 0.3) is 11.1 Å². The molecule has 5 N–H and O–H groups in total. The maximum Gasteiger partial charge on any atom is 0.306 e. The first-order valence-corrected chi connectivity index (χ1v) is 14.2. The van der Waals surface area contributed by atoms with Crippen molar-refractivity contribution >= 4 is 33.3 Å². The molecule has 4 rings (SSSR count). The van der Waals surface area contributed by atoms with Gasteiger partial charge in [-0.2, -0.15) is 0 Å². The Bertz CT molecular complexity index is 1490. The van der Waals surface area contributed by atoms with Crippen molar-refractivity contribution in [3.05, 3.63) is 77.4 Å². The summed E-state index contributed by atoms with van der Waals surface area (Å²) in [4.78, 5) is 24.1. The van der Waals surface area contributed by atoms with Gasteiger partial charge in [-0.15, -0.1) is 0 Å². The number of sulfonamides is 1. The van der Waals surface area contributed by atoms with Crippen LogP contribution in [0, 0.1) is 5.92 Å². The summed E-state index contributed by atoms with van der Waals surface area (Å²) < 4.78 is 29.9. The number of aliphatic hydroxyl groups excluding tert-OH is 1. The number of rotatable bonds is 10. The van der Waals surface area contributed by atoms with E-state index in [1.54, 1.807) is 0 Å². The smallest absolute Gasteiger partial charge is 0.306 e. The number of esters is 1. The van der Waals surface area contributed by atoms with Crippen LogP contribution in [0.5, 0.6) is 5.75 Å². The number of anilines is 2. The predicted octanol–water partition coefficient (Wildman–Crippen LogP) is 2.93. The number of carbonyl (C=O) groups excluding carboxylic acids is 2. The minimum Gasteiger partial charge on any atom is -0.506 e. The second-order valence-corrected chi connectivity index (χ2v) is 11.3. The van der Waals surface area contributed by atoms with E-state index in [4.69, 9.17) is 4.74 Å². The quantitative estimate of drug-likeness (QED) is 0.190. The van der Waals surface area contributed by atoms with Crippen LogP contribution in [0.15, 0.2) is 60.7 Å². The lowest BCUT2D eigenvalue weighted by atomic mass is 9.89. The van der Waals surface area contributed by atoms with Gasteiger partial charge in [-0.25, -0.2) is 8.42 Å².